The van der Waals surface area contributed by atoms with E-state index in [1.165, 1.54) is 19.2 Å². The van der Waals surface area contributed by atoms with Crippen LogP contribution >= 0.6 is 7.60 Å². The highest BCUT2D eigenvalue weighted by Gasteiger charge is 2.17. The number of ether oxygens (including phenoxy) is 1. The van der Waals surface area contributed by atoms with Crippen LogP contribution in [0.4, 0.5) is 0 Å². The molecule has 0 spiro atoms. The molecule has 1 heterocycles. The maximum Gasteiger partial charge on any atom is 0.356 e. The summed E-state index contributed by atoms with van der Waals surface area (Å²) in [7, 11) is -2.80. The molecule has 25 heavy (non-hydrogen) atoms. The summed E-state index contributed by atoms with van der Waals surface area (Å²) in [6.45, 7) is 0.441. The van der Waals surface area contributed by atoms with Gasteiger partial charge in [0, 0.05) is 12.6 Å². The van der Waals surface area contributed by atoms with Crippen LogP contribution in [0.5, 0.6) is 5.75 Å². The van der Waals surface area contributed by atoms with Crippen LogP contribution in [-0.2, 0) is 11.1 Å². The Labute approximate surface area is 143 Å². The van der Waals surface area contributed by atoms with Crippen LogP contribution in [0.1, 0.15) is 15.9 Å². The summed E-state index contributed by atoms with van der Waals surface area (Å²) in [5, 5.41) is -0.0282. The van der Waals surface area contributed by atoms with E-state index in [-0.39, 0.29) is 10.9 Å². The average Bonchev–Trinajstić information content (AvgIpc) is 2.95. The smallest absolute Gasteiger partial charge is 0.356 e. The zero-order valence-corrected chi connectivity index (χ0v) is 14.2. The number of rotatable bonds is 5. The summed E-state index contributed by atoms with van der Waals surface area (Å²) < 4.78 is 18.3. The fourth-order valence-corrected chi connectivity index (χ4v) is 3.10. The zero-order valence-electron chi connectivity index (χ0n) is 13.3. The summed E-state index contributed by atoms with van der Waals surface area (Å²) >= 11 is 0. The highest BCUT2D eigenvalue weighted by atomic mass is 31.2. The topological polar surface area (TPSA) is 128 Å². The number of hydrogen-bond acceptors (Lipinski definition) is 4. The SMILES string of the molecule is COc1cc2c(cc1C(N)=O)ncn2Cc1ccc(P(=O)(O)O)cc1. The lowest BCUT2D eigenvalue weighted by atomic mass is 10.1. The number of carbonyl (C=O) groups is 1. The van der Waals surface area contributed by atoms with Crippen molar-refractivity contribution < 1.29 is 23.9 Å². The Morgan fingerprint density at radius 3 is 2.52 bits per heavy atom. The molecule has 130 valence electrons. The van der Waals surface area contributed by atoms with Gasteiger partial charge in [-0.25, -0.2) is 4.98 Å². The van der Waals surface area contributed by atoms with E-state index in [0.29, 0.717) is 17.8 Å². The van der Waals surface area contributed by atoms with E-state index in [2.05, 4.69) is 4.98 Å². The van der Waals surface area contributed by atoms with Gasteiger partial charge in [0.2, 0.25) is 0 Å². The van der Waals surface area contributed by atoms with Gasteiger partial charge in [-0.15, -0.1) is 0 Å². The number of carbonyl (C=O) groups excluding carboxylic acids is 1. The number of nitrogens with two attached hydrogens (primary N) is 1. The molecule has 3 aromatic rings. The van der Waals surface area contributed by atoms with Gasteiger partial charge in [0.05, 0.1) is 35.3 Å². The van der Waals surface area contributed by atoms with E-state index in [4.69, 9.17) is 20.3 Å². The normalized spacial score (nSPS) is 11.6. The molecule has 0 saturated heterocycles. The Hall–Kier alpha value is -2.67. The Morgan fingerprint density at radius 1 is 1.28 bits per heavy atom. The first-order valence-corrected chi connectivity index (χ1v) is 8.88. The van der Waals surface area contributed by atoms with Gasteiger partial charge in [0.25, 0.3) is 5.91 Å². The van der Waals surface area contributed by atoms with Crippen molar-refractivity contribution >= 4 is 29.8 Å². The van der Waals surface area contributed by atoms with E-state index in [1.807, 2.05) is 4.57 Å². The monoisotopic (exact) mass is 361 g/mol. The second kappa shape index (κ2) is 6.33. The largest absolute Gasteiger partial charge is 0.496 e. The second-order valence-electron chi connectivity index (χ2n) is 5.49. The summed E-state index contributed by atoms with van der Waals surface area (Å²) in [5.41, 5.74) is 7.79. The molecule has 0 aliphatic rings. The third kappa shape index (κ3) is 3.41. The molecule has 8 nitrogen and oxygen atoms in total. The number of hydrogen-bond donors (Lipinski definition) is 3. The van der Waals surface area contributed by atoms with Crippen molar-refractivity contribution in [3.8, 4) is 5.75 Å². The Kier molecular flexibility index (Phi) is 4.34. The molecule has 3 rings (SSSR count). The molecule has 0 aliphatic carbocycles. The molecular weight excluding hydrogens is 345 g/mol. The van der Waals surface area contributed by atoms with Crippen molar-refractivity contribution in [1.29, 1.82) is 0 Å². The number of primary amides is 1. The molecule has 0 fully saturated rings. The predicted octanol–water partition coefficient (Wildman–Crippen LogP) is 0.995. The predicted molar refractivity (Wildman–Crippen MR) is 92.0 cm³/mol. The maximum absolute atomic E-state index is 11.5. The van der Waals surface area contributed by atoms with Gasteiger partial charge < -0.3 is 24.8 Å². The third-order valence-corrected chi connectivity index (χ3v) is 4.80. The quantitative estimate of drug-likeness (QED) is 0.582. The highest BCUT2D eigenvalue weighted by molar-refractivity contribution is 7.60. The standard InChI is InChI=1S/C16H16N3O5P/c1-24-15-7-14-13(6-12(15)16(17)20)18-9-19(14)8-10-2-4-11(5-3-10)25(21,22)23/h2-7,9H,8H2,1H3,(H2,17,20)(H2,21,22,23). The first-order valence-electron chi connectivity index (χ1n) is 7.27. The molecular formula is C16H16N3O5P. The number of aromatic nitrogens is 2. The van der Waals surface area contributed by atoms with E-state index >= 15 is 0 Å². The van der Waals surface area contributed by atoms with Gasteiger partial charge in [0.1, 0.15) is 5.75 Å². The number of methoxy groups -OCH3 is 1. The molecule has 0 saturated carbocycles. The molecule has 0 aliphatic heterocycles. The lowest BCUT2D eigenvalue weighted by Crippen LogP contribution is -2.12. The zero-order chi connectivity index (χ0) is 18.2. The number of nitrogens with zero attached hydrogens (tertiary/aromatic N) is 2. The van der Waals surface area contributed by atoms with Gasteiger partial charge in [-0.1, -0.05) is 12.1 Å². The van der Waals surface area contributed by atoms with Crippen molar-refractivity contribution in [2.75, 3.05) is 7.11 Å². The van der Waals surface area contributed by atoms with E-state index in [1.54, 1.807) is 30.6 Å². The number of benzene rings is 2. The van der Waals surface area contributed by atoms with Crippen LogP contribution in [0.3, 0.4) is 0 Å². The molecule has 0 unspecified atom stereocenters. The van der Waals surface area contributed by atoms with Gasteiger partial charge >= 0.3 is 7.60 Å². The third-order valence-electron chi connectivity index (χ3n) is 3.83. The fraction of sp³-hybridized carbons (Fsp3) is 0.125. The molecule has 0 radical (unpaired) electrons. The summed E-state index contributed by atoms with van der Waals surface area (Å²) in [6.07, 6.45) is 1.62. The molecule has 1 aromatic heterocycles. The highest BCUT2D eigenvalue weighted by Crippen LogP contribution is 2.33. The molecule has 2 aromatic carbocycles. The van der Waals surface area contributed by atoms with Crippen LogP contribution in [0.2, 0.25) is 0 Å². The molecule has 0 bridgehead atoms. The van der Waals surface area contributed by atoms with Gasteiger partial charge in [0.15, 0.2) is 0 Å². The molecule has 0 atom stereocenters. The summed E-state index contributed by atoms with van der Waals surface area (Å²) in [6, 6.07) is 9.36. The van der Waals surface area contributed by atoms with E-state index in [9.17, 15) is 9.36 Å². The number of imidazole rings is 1. The van der Waals surface area contributed by atoms with Crippen LogP contribution in [0, 0.1) is 0 Å². The van der Waals surface area contributed by atoms with E-state index < -0.39 is 13.5 Å². The van der Waals surface area contributed by atoms with Crippen LogP contribution < -0.4 is 15.8 Å². The maximum atomic E-state index is 11.5. The minimum absolute atomic E-state index is 0.0282. The van der Waals surface area contributed by atoms with Crippen molar-refractivity contribution in [3.05, 3.63) is 53.9 Å². The lowest BCUT2D eigenvalue weighted by molar-refractivity contribution is 0.0997. The average molecular weight is 361 g/mol. The van der Waals surface area contributed by atoms with Gasteiger partial charge in [-0.3, -0.25) is 9.36 Å². The van der Waals surface area contributed by atoms with Crippen LogP contribution in [0.25, 0.3) is 11.0 Å². The lowest BCUT2D eigenvalue weighted by Gasteiger charge is -2.09. The second-order valence-corrected chi connectivity index (χ2v) is 7.09. The Bertz CT molecular complexity index is 991. The van der Waals surface area contributed by atoms with Crippen molar-refractivity contribution in [1.82, 2.24) is 9.55 Å². The van der Waals surface area contributed by atoms with Gasteiger partial charge in [-0.2, -0.15) is 0 Å². The number of fused-ring (bicyclic) bond motifs is 1. The summed E-state index contributed by atoms with van der Waals surface area (Å²) in [4.78, 5) is 34.0. The number of amides is 1. The van der Waals surface area contributed by atoms with E-state index in [0.717, 1.165) is 11.1 Å². The minimum atomic E-state index is -4.25. The first-order chi connectivity index (χ1) is 11.8. The fourth-order valence-electron chi connectivity index (χ4n) is 2.56. The van der Waals surface area contributed by atoms with Crippen LogP contribution in [-0.4, -0.2) is 32.4 Å². The Balaban J connectivity index is 1.97. The summed E-state index contributed by atoms with van der Waals surface area (Å²) in [5.74, 6) is -0.236. The van der Waals surface area contributed by atoms with Crippen molar-refractivity contribution in [2.24, 2.45) is 5.73 Å². The Morgan fingerprint density at radius 2 is 1.96 bits per heavy atom. The molecule has 4 N–H and O–H groups in total. The first kappa shape index (κ1) is 17.2. The molecule has 9 heteroatoms. The van der Waals surface area contributed by atoms with Crippen molar-refractivity contribution in [2.45, 2.75) is 6.54 Å². The van der Waals surface area contributed by atoms with Crippen LogP contribution in [0.15, 0.2) is 42.7 Å². The van der Waals surface area contributed by atoms with Gasteiger partial charge in [-0.05, 0) is 23.8 Å². The molecule has 1 amide bonds. The minimum Gasteiger partial charge on any atom is -0.496 e. The van der Waals surface area contributed by atoms with Crippen molar-refractivity contribution in [3.63, 3.8) is 0 Å².